The predicted octanol–water partition coefficient (Wildman–Crippen LogP) is -0.811. The van der Waals surface area contributed by atoms with E-state index in [9.17, 15) is 0 Å². The van der Waals surface area contributed by atoms with E-state index in [1.54, 1.807) is 12.3 Å². The standard InChI is InChI=1S/C11H13ClN4O2/c12-8-4-7(6-15-16-11(13)14)5-9-10(8)18-3-1-2-17-9/h4-6H,1-3H2,(H4,13,14,16)/p+1/b15-6+. The predicted molar refractivity (Wildman–Crippen MR) is 69.0 cm³/mol. The molecule has 1 aliphatic rings. The quantitative estimate of drug-likeness (QED) is 0.372. The molecular weight excluding hydrogens is 256 g/mol. The molecule has 2 rings (SSSR count). The highest BCUT2D eigenvalue weighted by molar-refractivity contribution is 6.32. The van der Waals surface area contributed by atoms with Gasteiger partial charge >= 0.3 is 0 Å². The molecule has 0 amide bonds. The van der Waals surface area contributed by atoms with Crippen LogP contribution in [0.2, 0.25) is 5.02 Å². The second-order valence-corrected chi connectivity index (χ2v) is 4.10. The average molecular weight is 270 g/mol. The first-order valence-electron chi connectivity index (χ1n) is 5.43. The van der Waals surface area contributed by atoms with Crippen molar-refractivity contribution in [3.8, 4) is 11.5 Å². The number of guanidine groups is 1. The number of benzene rings is 1. The van der Waals surface area contributed by atoms with Gasteiger partial charge < -0.3 is 20.9 Å². The lowest BCUT2D eigenvalue weighted by Gasteiger charge is -2.08. The lowest BCUT2D eigenvalue weighted by atomic mass is 10.2. The topological polar surface area (TPSA) is 96.8 Å². The van der Waals surface area contributed by atoms with Crippen molar-refractivity contribution in [2.24, 2.45) is 16.6 Å². The Morgan fingerprint density at radius 3 is 2.89 bits per heavy atom. The van der Waals surface area contributed by atoms with E-state index < -0.39 is 0 Å². The van der Waals surface area contributed by atoms with Gasteiger partial charge in [-0.2, -0.15) is 0 Å². The van der Waals surface area contributed by atoms with Crippen LogP contribution in [0.1, 0.15) is 12.0 Å². The molecule has 0 spiro atoms. The number of hydrogen-bond acceptors (Lipinski definition) is 3. The van der Waals surface area contributed by atoms with Gasteiger partial charge in [0.25, 0.3) is 5.96 Å². The van der Waals surface area contributed by atoms with Crippen LogP contribution < -0.4 is 26.0 Å². The van der Waals surface area contributed by atoms with Crippen molar-refractivity contribution < 1.29 is 14.6 Å². The van der Waals surface area contributed by atoms with Gasteiger partial charge in [-0.05, 0) is 12.1 Å². The van der Waals surface area contributed by atoms with Crippen molar-refractivity contribution in [2.45, 2.75) is 6.42 Å². The minimum atomic E-state index is -0.0494. The van der Waals surface area contributed by atoms with Crippen LogP contribution >= 0.6 is 11.6 Å². The Labute approximate surface area is 109 Å². The van der Waals surface area contributed by atoms with Gasteiger partial charge in [0.05, 0.1) is 18.2 Å². The van der Waals surface area contributed by atoms with Crippen LogP contribution in [0.25, 0.3) is 0 Å². The number of nitrogens with one attached hydrogen (secondary N) is 1. The van der Waals surface area contributed by atoms with E-state index >= 15 is 0 Å². The largest absolute Gasteiger partial charge is 0.489 e. The third kappa shape index (κ3) is 3.04. The van der Waals surface area contributed by atoms with Gasteiger partial charge in [0.15, 0.2) is 11.5 Å². The minimum Gasteiger partial charge on any atom is -0.489 e. The van der Waals surface area contributed by atoms with E-state index in [-0.39, 0.29) is 5.96 Å². The molecule has 0 unspecified atom stereocenters. The summed E-state index contributed by atoms with van der Waals surface area (Å²) in [5.74, 6) is 1.15. The van der Waals surface area contributed by atoms with Gasteiger partial charge in [-0.3, -0.25) is 0 Å². The van der Waals surface area contributed by atoms with Gasteiger partial charge in [0, 0.05) is 17.1 Å². The number of nitrogens with two attached hydrogens (primary N) is 2. The van der Waals surface area contributed by atoms with E-state index in [0.717, 1.165) is 12.0 Å². The summed E-state index contributed by atoms with van der Waals surface area (Å²) >= 11 is 6.12. The molecule has 0 aromatic heterocycles. The van der Waals surface area contributed by atoms with Crippen LogP contribution in [0.3, 0.4) is 0 Å². The molecule has 0 aliphatic carbocycles. The van der Waals surface area contributed by atoms with E-state index in [4.69, 9.17) is 32.5 Å². The Morgan fingerprint density at radius 1 is 1.33 bits per heavy atom. The first-order valence-corrected chi connectivity index (χ1v) is 5.81. The molecule has 1 aromatic carbocycles. The molecule has 7 heteroatoms. The lowest BCUT2D eigenvalue weighted by Crippen LogP contribution is -2.63. The van der Waals surface area contributed by atoms with Gasteiger partial charge in [-0.1, -0.05) is 11.6 Å². The minimum absolute atomic E-state index is 0.0494. The second kappa shape index (κ2) is 5.59. The number of hydrogen-bond donors (Lipinski definition) is 3. The van der Waals surface area contributed by atoms with Crippen LogP contribution in [-0.2, 0) is 0 Å². The van der Waals surface area contributed by atoms with E-state index in [2.05, 4.69) is 10.2 Å². The van der Waals surface area contributed by atoms with Gasteiger partial charge in [0.1, 0.15) is 0 Å². The number of ether oxygens (including phenoxy) is 2. The van der Waals surface area contributed by atoms with Crippen molar-refractivity contribution in [1.82, 2.24) is 0 Å². The zero-order valence-corrected chi connectivity index (χ0v) is 10.4. The molecule has 0 fully saturated rings. The number of hydrazone groups is 1. The Bertz CT molecular complexity index is 498. The molecular formula is C11H14ClN4O2+. The van der Waals surface area contributed by atoms with E-state index in [1.165, 1.54) is 0 Å². The Balaban J connectivity index is 2.29. The monoisotopic (exact) mass is 269 g/mol. The molecule has 0 saturated heterocycles. The summed E-state index contributed by atoms with van der Waals surface area (Å²) in [5, 5.41) is 6.73. The summed E-state index contributed by atoms with van der Waals surface area (Å²) in [5.41, 5.74) is 11.2. The zero-order chi connectivity index (χ0) is 13.0. The van der Waals surface area contributed by atoms with Gasteiger partial charge in [-0.15, -0.1) is 5.10 Å². The highest BCUT2D eigenvalue weighted by Crippen LogP contribution is 2.37. The normalized spacial score (nSPS) is 14.3. The van der Waals surface area contributed by atoms with Crippen molar-refractivity contribution in [3.05, 3.63) is 22.7 Å². The van der Waals surface area contributed by atoms with Gasteiger partial charge in [-0.25, -0.2) is 0 Å². The molecule has 5 N–H and O–H groups in total. The van der Waals surface area contributed by atoms with Crippen LogP contribution in [0.15, 0.2) is 17.2 Å². The molecule has 1 aromatic rings. The fraction of sp³-hybridized carbons (Fsp3) is 0.273. The number of halogens is 1. The molecule has 6 nitrogen and oxygen atoms in total. The molecule has 0 radical (unpaired) electrons. The van der Waals surface area contributed by atoms with Gasteiger partial charge in [0.2, 0.25) is 6.21 Å². The highest BCUT2D eigenvalue weighted by Gasteiger charge is 2.15. The maximum Gasteiger partial charge on any atom is 0.256 e. The Morgan fingerprint density at radius 2 is 2.11 bits per heavy atom. The van der Waals surface area contributed by atoms with Crippen molar-refractivity contribution in [3.63, 3.8) is 0 Å². The summed E-state index contributed by atoms with van der Waals surface area (Å²) in [6.45, 7) is 1.20. The van der Waals surface area contributed by atoms with Crippen LogP contribution in [0, 0.1) is 0 Å². The molecule has 0 bridgehead atoms. The molecule has 1 heterocycles. The summed E-state index contributed by atoms with van der Waals surface area (Å²) in [6, 6.07) is 3.55. The molecule has 0 saturated carbocycles. The summed E-state index contributed by atoms with van der Waals surface area (Å²) in [7, 11) is 0. The average Bonchev–Trinajstić information content (AvgIpc) is 2.54. The molecule has 1 aliphatic heterocycles. The molecule has 96 valence electrons. The second-order valence-electron chi connectivity index (χ2n) is 3.69. The fourth-order valence-corrected chi connectivity index (χ4v) is 1.79. The number of nitrogens with zero attached hydrogens (tertiary/aromatic N) is 1. The van der Waals surface area contributed by atoms with Crippen molar-refractivity contribution in [2.75, 3.05) is 13.2 Å². The van der Waals surface area contributed by atoms with Crippen molar-refractivity contribution >= 4 is 23.8 Å². The summed E-state index contributed by atoms with van der Waals surface area (Å²) < 4.78 is 11.1. The number of rotatable bonds is 2. The maximum absolute atomic E-state index is 6.12. The highest BCUT2D eigenvalue weighted by atomic mass is 35.5. The molecule has 0 atom stereocenters. The first-order chi connectivity index (χ1) is 8.66. The van der Waals surface area contributed by atoms with Crippen LogP contribution in [0.4, 0.5) is 0 Å². The lowest BCUT2D eigenvalue weighted by molar-refractivity contribution is -0.456. The number of fused-ring (bicyclic) bond motifs is 1. The van der Waals surface area contributed by atoms with Crippen molar-refractivity contribution in [1.29, 1.82) is 0 Å². The fourth-order valence-electron chi connectivity index (χ4n) is 1.52. The SMILES string of the molecule is NC(N)=N/[NH+]=C/c1cc(Cl)c2c(c1)OCCCO2. The Hall–Kier alpha value is -1.95. The molecule has 18 heavy (non-hydrogen) atoms. The third-order valence-corrected chi connectivity index (χ3v) is 2.53. The maximum atomic E-state index is 6.12. The van der Waals surface area contributed by atoms with Crippen LogP contribution in [0.5, 0.6) is 11.5 Å². The first kappa shape index (κ1) is 12.5. The summed E-state index contributed by atoms with van der Waals surface area (Å²) in [4.78, 5) is 0. The van der Waals surface area contributed by atoms with E-state index in [1.807, 2.05) is 6.07 Å². The van der Waals surface area contributed by atoms with E-state index in [0.29, 0.717) is 29.7 Å². The Kier molecular flexibility index (Phi) is 3.88. The summed E-state index contributed by atoms with van der Waals surface area (Å²) in [6.07, 6.45) is 2.44. The zero-order valence-electron chi connectivity index (χ0n) is 9.65. The third-order valence-electron chi connectivity index (χ3n) is 2.25. The smallest absolute Gasteiger partial charge is 0.256 e. The van der Waals surface area contributed by atoms with Crippen LogP contribution in [-0.4, -0.2) is 25.4 Å².